The van der Waals surface area contributed by atoms with Crippen LogP contribution in [-0.2, 0) is 0 Å². The highest BCUT2D eigenvalue weighted by Crippen LogP contribution is 2.21. The van der Waals surface area contributed by atoms with E-state index in [1.807, 2.05) is 13.1 Å². The van der Waals surface area contributed by atoms with Gasteiger partial charge in [-0.25, -0.2) is 0 Å². The number of hydrogen-bond donors (Lipinski definition) is 1. The van der Waals surface area contributed by atoms with E-state index in [4.69, 9.17) is 4.74 Å². The molecule has 0 aliphatic carbocycles. The highest BCUT2D eigenvalue weighted by molar-refractivity contribution is 5.30. The molecule has 0 amide bonds. The Morgan fingerprint density at radius 1 is 1.18 bits per heavy atom. The van der Waals surface area contributed by atoms with E-state index in [0.717, 1.165) is 17.0 Å². The van der Waals surface area contributed by atoms with E-state index in [0.29, 0.717) is 0 Å². The zero-order valence-electron chi connectivity index (χ0n) is 9.79. The summed E-state index contributed by atoms with van der Waals surface area (Å²) >= 11 is 0. The summed E-state index contributed by atoms with van der Waals surface area (Å²) in [7, 11) is 3.50. The maximum Gasteiger partial charge on any atom is 0.137 e. The molecule has 0 fully saturated rings. The lowest BCUT2D eigenvalue weighted by Gasteiger charge is -2.15. The molecule has 0 spiro atoms. The lowest BCUT2D eigenvalue weighted by molar-refractivity contribution is 0.411. The summed E-state index contributed by atoms with van der Waals surface area (Å²) in [6.07, 6.45) is 8.53. The fourth-order valence-corrected chi connectivity index (χ4v) is 1.65. The molecule has 0 aliphatic heterocycles. The Morgan fingerprint density at radius 3 is 2.71 bits per heavy atom. The average molecular weight is 230 g/mol. The first-order valence-corrected chi connectivity index (χ1v) is 5.27. The first kappa shape index (κ1) is 11.5. The summed E-state index contributed by atoms with van der Waals surface area (Å²) in [6, 6.07) is 1.90. The summed E-state index contributed by atoms with van der Waals surface area (Å²) in [6.45, 7) is 0. The third-order valence-corrected chi connectivity index (χ3v) is 2.47. The number of ether oxygens (including phenoxy) is 1. The van der Waals surface area contributed by atoms with Crippen molar-refractivity contribution in [3.8, 4) is 5.75 Å². The molecule has 0 saturated carbocycles. The number of rotatable bonds is 4. The van der Waals surface area contributed by atoms with Gasteiger partial charge in [0.05, 0.1) is 31.2 Å². The number of hydrogen-bond acceptors (Lipinski definition) is 5. The van der Waals surface area contributed by atoms with Gasteiger partial charge < -0.3 is 10.1 Å². The van der Waals surface area contributed by atoms with Crippen LogP contribution in [0.15, 0.2) is 37.1 Å². The van der Waals surface area contributed by atoms with Gasteiger partial charge in [0.25, 0.3) is 0 Å². The smallest absolute Gasteiger partial charge is 0.137 e. The van der Waals surface area contributed by atoms with E-state index >= 15 is 0 Å². The van der Waals surface area contributed by atoms with Crippen molar-refractivity contribution in [3.63, 3.8) is 0 Å². The van der Waals surface area contributed by atoms with E-state index in [2.05, 4.69) is 20.3 Å². The Hall–Kier alpha value is -2.01. The zero-order valence-corrected chi connectivity index (χ0v) is 9.79. The predicted octanol–water partition coefficient (Wildman–Crippen LogP) is 1.19. The van der Waals surface area contributed by atoms with Crippen LogP contribution in [0.5, 0.6) is 5.75 Å². The minimum atomic E-state index is -0.0358. The Bertz CT molecular complexity index is 475. The van der Waals surface area contributed by atoms with Crippen molar-refractivity contribution < 1.29 is 4.74 Å². The zero-order chi connectivity index (χ0) is 12.1. The summed E-state index contributed by atoms with van der Waals surface area (Å²) in [5.74, 6) is 0.728. The summed E-state index contributed by atoms with van der Waals surface area (Å²) in [4.78, 5) is 12.5. The van der Waals surface area contributed by atoms with Crippen LogP contribution in [0.2, 0.25) is 0 Å². The minimum absolute atomic E-state index is 0.0358. The monoisotopic (exact) mass is 230 g/mol. The Morgan fingerprint density at radius 2 is 2.06 bits per heavy atom. The molecule has 88 valence electrons. The van der Waals surface area contributed by atoms with Gasteiger partial charge in [0.2, 0.25) is 0 Å². The van der Waals surface area contributed by atoms with Crippen LogP contribution < -0.4 is 10.1 Å². The molecule has 0 aliphatic rings. The van der Waals surface area contributed by atoms with Crippen LogP contribution in [0.3, 0.4) is 0 Å². The molecule has 5 heteroatoms. The van der Waals surface area contributed by atoms with Crippen molar-refractivity contribution in [2.45, 2.75) is 6.04 Å². The van der Waals surface area contributed by atoms with Crippen molar-refractivity contribution in [2.75, 3.05) is 14.2 Å². The van der Waals surface area contributed by atoms with E-state index < -0.39 is 0 Å². The maximum absolute atomic E-state index is 5.16. The van der Waals surface area contributed by atoms with Gasteiger partial charge in [-0.3, -0.25) is 15.0 Å². The molecule has 2 aromatic rings. The van der Waals surface area contributed by atoms with E-state index in [1.165, 1.54) is 0 Å². The highest BCUT2D eigenvalue weighted by atomic mass is 16.5. The molecule has 2 rings (SSSR count). The Labute approximate surface area is 99.9 Å². The molecule has 1 unspecified atom stereocenters. The van der Waals surface area contributed by atoms with Gasteiger partial charge in [-0.2, -0.15) is 0 Å². The van der Waals surface area contributed by atoms with Gasteiger partial charge in [0.1, 0.15) is 5.75 Å². The van der Waals surface area contributed by atoms with Crippen molar-refractivity contribution in [3.05, 3.63) is 48.3 Å². The lowest BCUT2D eigenvalue weighted by Crippen LogP contribution is -2.19. The molecule has 5 nitrogen and oxygen atoms in total. The first-order valence-electron chi connectivity index (χ1n) is 5.27. The summed E-state index contributed by atoms with van der Waals surface area (Å²) in [5.41, 5.74) is 1.84. The fraction of sp³-hybridized carbons (Fsp3) is 0.250. The van der Waals surface area contributed by atoms with Crippen LogP contribution in [0.4, 0.5) is 0 Å². The third-order valence-electron chi connectivity index (χ3n) is 2.47. The van der Waals surface area contributed by atoms with Crippen LogP contribution >= 0.6 is 0 Å². The SMILES string of the molecule is CNC(c1cncc(OC)c1)c1cnccn1. The number of nitrogens with zero attached hydrogens (tertiary/aromatic N) is 3. The van der Waals surface area contributed by atoms with E-state index in [-0.39, 0.29) is 6.04 Å². The number of nitrogens with one attached hydrogen (secondary N) is 1. The second kappa shape index (κ2) is 5.36. The van der Waals surface area contributed by atoms with Crippen LogP contribution in [0.25, 0.3) is 0 Å². The maximum atomic E-state index is 5.16. The topological polar surface area (TPSA) is 59.9 Å². The Balaban J connectivity index is 2.35. The van der Waals surface area contributed by atoms with E-state index in [9.17, 15) is 0 Å². The van der Waals surface area contributed by atoms with Gasteiger partial charge >= 0.3 is 0 Å². The molecular formula is C12H14N4O. The van der Waals surface area contributed by atoms with Gasteiger partial charge in [-0.05, 0) is 18.7 Å². The molecule has 17 heavy (non-hydrogen) atoms. The molecule has 2 heterocycles. The minimum Gasteiger partial charge on any atom is -0.495 e. The average Bonchev–Trinajstić information content (AvgIpc) is 2.41. The quantitative estimate of drug-likeness (QED) is 0.855. The highest BCUT2D eigenvalue weighted by Gasteiger charge is 2.14. The predicted molar refractivity (Wildman–Crippen MR) is 63.7 cm³/mol. The van der Waals surface area contributed by atoms with Crippen LogP contribution in [-0.4, -0.2) is 29.1 Å². The summed E-state index contributed by atoms with van der Waals surface area (Å²) < 4.78 is 5.16. The molecular weight excluding hydrogens is 216 g/mol. The molecule has 1 N–H and O–H groups in total. The van der Waals surface area contributed by atoms with Crippen molar-refractivity contribution in [1.29, 1.82) is 0 Å². The molecule has 2 aromatic heterocycles. The molecule has 0 aromatic carbocycles. The first-order chi connectivity index (χ1) is 8.35. The number of aromatic nitrogens is 3. The fourth-order valence-electron chi connectivity index (χ4n) is 1.65. The molecule has 0 bridgehead atoms. The van der Waals surface area contributed by atoms with Gasteiger partial charge in [0.15, 0.2) is 0 Å². The van der Waals surface area contributed by atoms with Crippen molar-refractivity contribution >= 4 is 0 Å². The Kier molecular flexibility index (Phi) is 3.62. The largest absolute Gasteiger partial charge is 0.495 e. The third kappa shape index (κ3) is 2.57. The van der Waals surface area contributed by atoms with Crippen LogP contribution in [0, 0.1) is 0 Å². The number of methoxy groups -OCH3 is 1. The van der Waals surface area contributed by atoms with E-state index in [1.54, 1.807) is 38.1 Å². The molecule has 1 atom stereocenters. The normalized spacial score (nSPS) is 12.1. The van der Waals surface area contributed by atoms with Crippen molar-refractivity contribution in [2.24, 2.45) is 0 Å². The lowest BCUT2D eigenvalue weighted by atomic mass is 10.1. The second-order valence-corrected chi connectivity index (χ2v) is 3.51. The summed E-state index contributed by atoms with van der Waals surface area (Å²) in [5, 5.41) is 3.19. The molecule has 0 saturated heterocycles. The molecule has 0 radical (unpaired) electrons. The van der Waals surface area contributed by atoms with Gasteiger partial charge in [-0.1, -0.05) is 0 Å². The standard InChI is InChI=1S/C12H14N4O/c1-13-12(11-8-14-3-4-16-11)9-5-10(17-2)7-15-6-9/h3-8,12-13H,1-2H3. The van der Waals surface area contributed by atoms with Gasteiger partial charge in [0, 0.05) is 18.6 Å². The van der Waals surface area contributed by atoms with Crippen LogP contribution in [0.1, 0.15) is 17.3 Å². The van der Waals surface area contributed by atoms with Crippen molar-refractivity contribution in [1.82, 2.24) is 20.3 Å². The number of pyridine rings is 1. The van der Waals surface area contributed by atoms with Gasteiger partial charge in [-0.15, -0.1) is 0 Å². The second-order valence-electron chi connectivity index (χ2n) is 3.51.